The molecule has 9 heteroatoms. The minimum absolute atomic E-state index is 0.100. The largest absolute Gasteiger partial charge is 0.354 e. The first-order valence-electron chi connectivity index (χ1n) is 6.73. The third-order valence-electron chi connectivity index (χ3n) is 3.26. The molecule has 0 saturated heterocycles. The zero-order valence-corrected chi connectivity index (χ0v) is 13.1. The first kappa shape index (κ1) is 16.1. The van der Waals surface area contributed by atoms with E-state index in [2.05, 4.69) is 14.9 Å². The Morgan fingerprint density at radius 3 is 2.62 bits per heavy atom. The summed E-state index contributed by atoms with van der Waals surface area (Å²) < 4.78 is 58.7. The van der Waals surface area contributed by atoms with Crippen LogP contribution in [0.3, 0.4) is 0 Å². The van der Waals surface area contributed by atoms with Gasteiger partial charge in [-0.1, -0.05) is 17.3 Å². The summed E-state index contributed by atoms with van der Waals surface area (Å²) in [6, 6.07) is 6.69. The van der Waals surface area contributed by atoms with Crippen molar-refractivity contribution in [3.8, 4) is 11.3 Å². The van der Waals surface area contributed by atoms with Crippen LogP contribution in [0.4, 0.5) is 14.6 Å². The van der Waals surface area contributed by atoms with E-state index in [0.717, 1.165) is 18.5 Å². The van der Waals surface area contributed by atoms with E-state index >= 15 is 0 Å². The van der Waals surface area contributed by atoms with Gasteiger partial charge in [0.15, 0.2) is 11.6 Å². The van der Waals surface area contributed by atoms with Crippen molar-refractivity contribution in [3.63, 3.8) is 0 Å². The van der Waals surface area contributed by atoms with Crippen LogP contribution in [0.15, 0.2) is 52.1 Å². The monoisotopic (exact) mass is 351 g/mol. The smallest absolute Gasteiger partial charge is 0.264 e. The molecule has 2 heterocycles. The first-order chi connectivity index (χ1) is 11.4. The Kier molecular flexibility index (Phi) is 4.02. The minimum Gasteiger partial charge on any atom is -0.354 e. The molecule has 124 valence electrons. The molecular formula is C15H11F2N3O3S. The third-order valence-corrected chi connectivity index (χ3v) is 4.57. The topological polar surface area (TPSA) is 85.1 Å². The molecule has 24 heavy (non-hydrogen) atoms. The molecule has 0 saturated carbocycles. The van der Waals surface area contributed by atoms with Crippen molar-refractivity contribution in [2.24, 2.45) is 0 Å². The normalized spacial score (nSPS) is 11.5. The van der Waals surface area contributed by atoms with Crippen LogP contribution in [0.2, 0.25) is 0 Å². The highest BCUT2D eigenvalue weighted by Gasteiger charge is 2.22. The molecular weight excluding hydrogens is 340 g/mol. The predicted molar refractivity (Wildman–Crippen MR) is 81.6 cm³/mol. The van der Waals surface area contributed by atoms with Gasteiger partial charge in [0.25, 0.3) is 10.0 Å². The lowest BCUT2D eigenvalue weighted by molar-refractivity contribution is 0.432. The van der Waals surface area contributed by atoms with Gasteiger partial charge in [-0.3, -0.25) is 9.71 Å². The first-order valence-corrected chi connectivity index (χ1v) is 8.21. The summed E-state index contributed by atoms with van der Waals surface area (Å²) in [5, 5.41) is 3.62. The number of hydrogen-bond donors (Lipinski definition) is 1. The van der Waals surface area contributed by atoms with Crippen molar-refractivity contribution in [1.82, 2.24) is 10.1 Å². The molecule has 0 amide bonds. The predicted octanol–water partition coefficient (Wildman–Crippen LogP) is 3.12. The zero-order chi connectivity index (χ0) is 17.3. The number of sulfonamides is 1. The second-order valence-corrected chi connectivity index (χ2v) is 6.59. The van der Waals surface area contributed by atoms with E-state index in [0.29, 0.717) is 5.56 Å². The standard InChI is InChI=1S/C15H11F2N3O3S/c1-9-14(12-4-2-3-5-13(12)17)23-19-15(9)20-24(21,22)11-6-10(16)7-18-8-11/h2-8H,1H3,(H,19,20). The average molecular weight is 351 g/mol. The summed E-state index contributed by atoms with van der Waals surface area (Å²) in [6.07, 6.45) is 1.88. The molecule has 0 spiro atoms. The van der Waals surface area contributed by atoms with E-state index in [-0.39, 0.29) is 22.0 Å². The number of rotatable bonds is 4. The van der Waals surface area contributed by atoms with Gasteiger partial charge < -0.3 is 4.52 Å². The van der Waals surface area contributed by atoms with Gasteiger partial charge in [-0.2, -0.15) is 0 Å². The molecule has 0 bridgehead atoms. The van der Waals surface area contributed by atoms with Crippen molar-refractivity contribution in [3.05, 3.63) is 59.9 Å². The molecule has 1 N–H and O–H groups in total. The van der Waals surface area contributed by atoms with Gasteiger partial charge in [0.2, 0.25) is 0 Å². The van der Waals surface area contributed by atoms with Gasteiger partial charge in [-0.25, -0.2) is 17.2 Å². The van der Waals surface area contributed by atoms with E-state index in [1.54, 1.807) is 6.07 Å². The second kappa shape index (κ2) is 6.00. The van der Waals surface area contributed by atoms with Gasteiger partial charge in [-0.05, 0) is 25.1 Å². The summed E-state index contributed by atoms with van der Waals surface area (Å²) in [7, 11) is -4.11. The molecule has 0 aliphatic carbocycles. The number of pyridine rings is 1. The van der Waals surface area contributed by atoms with Crippen LogP contribution >= 0.6 is 0 Å². The summed E-state index contributed by atoms with van der Waals surface area (Å²) in [6.45, 7) is 1.53. The Labute approximate surface area is 136 Å². The molecule has 3 aromatic rings. The molecule has 2 aromatic heterocycles. The van der Waals surface area contributed by atoms with Crippen molar-refractivity contribution < 1.29 is 21.7 Å². The lowest BCUT2D eigenvalue weighted by Gasteiger charge is -2.05. The van der Waals surface area contributed by atoms with Gasteiger partial charge >= 0.3 is 0 Å². The van der Waals surface area contributed by atoms with Crippen molar-refractivity contribution in [1.29, 1.82) is 0 Å². The number of halogens is 2. The van der Waals surface area contributed by atoms with Crippen LogP contribution < -0.4 is 4.72 Å². The Hall–Kier alpha value is -2.81. The molecule has 0 aliphatic rings. The maximum absolute atomic E-state index is 13.8. The van der Waals surface area contributed by atoms with Crippen LogP contribution in [-0.2, 0) is 10.0 Å². The number of nitrogens with zero attached hydrogens (tertiary/aromatic N) is 2. The van der Waals surface area contributed by atoms with E-state index in [9.17, 15) is 17.2 Å². The summed E-state index contributed by atoms with van der Waals surface area (Å²) in [4.78, 5) is 3.13. The highest BCUT2D eigenvalue weighted by molar-refractivity contribution is 7.92. The Morgan fingerprint density at radius 1 is 1.17 bits per heavy atom. The molecule has 0 atom stereocenters. The highest BCUT2D eigenvalue weighted by atomic mass is 32.2. The van der Waals surface area contributed by atoms with Gasteiger partial charge in [0.05, 0.1) is 11.8 Å². The molecule has 0 fully saturated rings. The van der Waals surface area contributed by atoms with E-state index in [1.807, 2.05) is 0 Å². The van der Waals surface area contributed by atoms with Crippen LogP contribution in [0.1, 0.15) is 5.56 Å². The van der Waals surface area contributed by atoms with E-state index in [4.69, 9.17) is 4.52 Å². The molecule has 0 aliphatic heterocycles. The molecule has 6 nitrogen and oxygen atoms in total. The van der Waals surface area contributed by atoms with Crippen molar-refractivity contribution >= 4 is 15.8 Å². The van der Waals surface area contributed by atoms with Crippen LogP contribution in [0, 0.1) is 18.6 Å². The summed E-state index contributed by atoms with van der Waals surface area (Å²) in [5.41, 5.74) is 0.452. The highest BCUT2D eigenvalue weighted by Crippen LogP contribution is 2.31. The van der Waals surface area contributed by atoms with E-state index < -0.39 is 21.7 Å². The lowest BCUT2D eigenvalue weighted by atomic mass is 10.1. The second-order valence-electron chi connectivity index (χ2n) is 4.91. The van der Waals surface area contributed by atoms with Gasteiger partial charge in [-0.15, -0.1) is 0 Å². The summed E-state index contributed by atoms with van der Waals surface area (Å²) in [5.74, 6) is -1.33. The maximum Gasteiger partial charge on any atom is 0.264 e. The fraction of sp³-hybridized carbons (Fsp3) is 0.0667. The van der Waals surface area contributed by atoms with Gasteiger partial charge in [0, 0.05) is 11.8 Å². The number of anilines is 1. The minimum atomic E-state index is -4.11. The molecule has 1 aromatic carbocycles. The third kappa shape index (κ3) is 2.98. The fourth-order valence-corrected chi connectivity index (χ4v) is 3.08. The fourth-order valence-electron chi connectivity index (χ4n) is 2.05. The zero-order valence-electron chi connectivity index (χ0n) is 12.3. The molecule has 0 unspecified atom stereocenters. The number of aromatic nitrogens is 2. The van der Waals surface area contributed by atoms with Crippen LogP contribution in [-0.4, -0.2) is 18.6 Å². The van der Waals surface area contributed by atoms with E-state index in [1.165, 1.54) is 25.1 Å². The average Bonchev–Trinajstić information content (AvgIpc) is 2.88. The summed E-state index contributed by atoms with van der Waals surface area (Å²) >= 11 is 0. The number of nitrogens with one attached hydrogen (secondary N) is 1. The maximum atomic E-state index is 13.8. The van der Waals surface area contributed by atoms with Gasteiger partial charge in [0.1, 0.15) is 16.5 Å². The lowest BCUT2D eigenvalue weighted by Crippen LogP contribution is -2.14. The number of hydrogen-bond acceptors (Lipinski definition) is 5. The van der Waals surface area contributed by atoms with Crippen LogP contribution in [0.25, 0.3) is 11.3 Å². The quantitative estimate of drug-likeness (QED) is 0.781. The van der Waals surface area contributed by atoms with Crippen molar-refractivity contribution in [2.75, 3.05) is 4.72 Å². The van der Waals surface area contributed by atoms with Crippen LogP contribution in [0.5, 0.6) is 0 Å². The Morgan fingerprint density at radius 2 is 1.92 bits per heavy atom. The number of benzene rings is 1. The SMILES string of the molecule is Cc1c(NS(=O)(=O)c2cncc(F)c2)noc1-c1ccccc1F. The molecule has 0 radical (unpaired) electrons. The Bertz CT molecular complexity index is 1000. The molecule has 3 rings (SSSR count). The van der Waals surface area contributed by atoms with Crippen molar-refractivity contribution in [2.45, 2.75) is 11.8 Å². The Balaban J connectivity index is 1.96.